The summed E-state index contributed by atoms with van der Waals surface area (Å²) in [6, 6.07) is 27.0. The molecular formula is C31H25BrFN3O4S. The molecule has 4 rings (SSSR count). The Hall–Kier alpha value is -4.41. The van der Waals surface area contributed by atoms with E-state index < -0.39 is 17.6 Å². The van der Waals surface area contributed by atoms with E-state index in [0.717, 1.165) is 4.90 Å². The van der Waals surface area contributed by atoms with Crippen molar-refractivity contribution in [2.75, 3.05) is 23.5 Å². The second-order valence-electron chi connectivity index (χ2n) is 8.59. The van der Waals surface area contributed by atoms with E-state index in [1.807, 2.05) is 0 Å². The smallest absolute Gasteiger partial charge is 0.272 e. The molecule has 0 radical (unpaired) electrons. The fourth-order valence-corrected chi connectivity index (χ4v) is 4.63. The molecule has 0 saturated heterocycles. The number of ether oxygens (including phenoxy) is 1. The van der Waals surface area contributed by atoms with Gasteiger partial charge in [0.25, 0.3) is 11.8 Å². The van der Waals surface area contributed by atoms with Crippen LogP contribution >= 0.6 is 27.7 Å². The molecule has 0 fully saturated rings. The highest BCUT2D eigenvalue weighted by Crippen LogP contribution is 2.23. The standard InChI is InChI=1S/C31H25BrFN3O4S/c1-40-24-9-5-6-20(16-24)17-28(36-30(38)21-7-3-2-4-8-21)31(39)34-23-11-13-25(14-12-23)41-19-29(37)35-27-15-10-22(32)18-26(27)33/h2-18H,19H2,1H3,(H,34,39)(H,35,37)(H,36,38)/b28-17-. The Bertz CT molecular complexity index is 1580. The van der Waals surface area contributed by atoms with Gasteiger partial charge in [0.05, 0.1) is 18.6 Å². The Kier molecular flexibility index (Phi) is 10.3. The summed E-state index contributed by atoms with van der Waals surface area (Å²) in [4.78, 5) is 39.1. The number of carbonyl (C=O) groups is 3. The Morgan fingerprint density at radius 3 is 2.37 bits per heavy atom. The van der Waals surface area contributed by atoms with Crippen LogP contribution in [-0.2, 0) is 9.59 Å². The Morgan fingerprint density at radius 1 is 0.902 bits per heavy atom. The van der Waals surface area contributed by atoms with E-state index in [4.69, 9.17) is 4.74 Å². The lowest BCUT2D eigenvalue weighted by molar-refractivity contribution is -0.114. The van der Waals surface area contributed by atoms with Crippen LogP contribution in [0.25, 0.3) is 6.08 Å². The fourth-order valence-electron chi connectivity index (χ4n) is 3.60. The first kappa shape index (κ1) is 29.6. The third kappa shape index (κ3) is 8.79. The van der Waals surface area contributed by atoms with Crippen LogP contribution in [0.3, 0.4) is 0 Å². The van der Waals surface area contributed by atoms with Gasteiger partial charge in [0.2, 0.25) is 5.91 Å². The van der Waals surface area contributed by atoms with Crippen molar-refractivity contribution < 1.29 is 23.5 Å². The van der Waals surface area contributed by atoms with Gasteiger partial charge in [-0.15, -0.1) is 11.8 Å². The summed E-state index contributed by atoms with van der Waals surface area (Å²) in [6.45, 7) is 0. The largest absolute Gasteiger partial charge is 0.497 e. The number of anilines is 2. The van der Waals surface area contributed by atoms with Gasteiger partial charge in [-0.1, -0.05) is 46.3 Å². The molecule has 0 aliphatic rings. The molecule has 0 bridgehead atoms. The Labute approximate surface area is 249 Å². The van der Waals surface area contributed by atoms with Gasteiger partial charge < -0.3 is 20.7 Å². The molecule has 3 amide bonds. The van der Waals surface area contributed by atoms with E-state index in [9.17, 15) is 18.8 Å². The minimum atomic E-state index is -0.530. The third-order valence-corrected chi connectivity index (χ3v) is 7.13. The lowest BCUT2D eigenvalue weighted by atomic mass is 10.1. The second-order valence-corrected chi connectivity index (χ2v) is 10.6. The normalized spacial score (nSPS) is 11.0. The lowest BCUT2D eigenvalue weighted by Crippen LogP contribution is -2.30. The molecule has 0 aliphatic carbocycles. The predicted molar refractivity (Wildman–Crippen MR) is 163 cm³/mol. The minimum Gasteiger partial charge on any atom is -0.497 e. The van der Waals surface area contributed by atoms with Gasteiger partial charge in [-0.3, -0.25) is 14.4 Å². The van der Waals surface area contributed by atoms with Crippen molar-refractivity contribution in [1.82, 2.24) is 5.32 Å². The molecule has 208 valence electrons. The van der Waals surface area contributed by atoms with Crippen molar-refractivity contribution in [3.8, 4) is 5.75 Å². The number of carbonyl (C=O) groups excluding carboxylic acids is 3. The number of hydrogen-bond donors (Lipinski definition) is 3. The van der Waals surface area contributed by atoms with Gasteiger partial charge in [0.1, 0.15) is 17.3 Å². The maximum absolute atomic E-state index is 14.0. The van der Waals surface area contributed by atoms with Crippen LogP contribution in [0.4, 0.5) is 15.8 Å². The molecule has 0 heterocycles. The number of amides is 3. The highest BCUT2D eigenvalue weighted by atomic mass is 79.9. The van der Waals surface area contributed by atoms with Crippen molar-refractivity contribution in [2.45, 2.75) is 4.90 Å². The first-order valence-electron chi connectivity index (χ1n) is 12.3. The molecule has 4 aromatic carbocycles. The minimum absolute atomic E-state index is 0.0439. The van der Waals surface area contributed by atoms with Crippen molar-refractivity contribution in [1.29, 1.82) is 0 Å². The van der Waals surface area contributed by atoms with Crippen molar-refractivity contribution in [3.05, 3.63) is 124 Å². The maximum Gasteiger partial charge on any atom is 0.272 e. The number of rotatable bonds is 10. The summed E-state index contributed by atoms with van der Waals surface area (Å²) < 4.78 is 19.8. The highest BCUT2D eigenvalue weighted by Gasteiger charge is 2.16. The zero-order valence-corrected chi connectivity index (χ0v) is 24.2. The predicted octanol–water partition coefficient (Wildman–Crippen LogP) is 6.74. The van der Waals surface area contributed by atoms with Crippen LogP contribution in [0.5, 0.6) is 5.75 Å². The molecule has 0 unspecified atom stereocenters. The van der Waals surface area contributed by atoms with Crippen LogP contribution in [0.15, 0.2) is 112 Å². The third-order valence-electron chi connectivity index (χ3n) is 5.62. The number of nitrogens with one attached hydrogen (secondary N) is 3. The molecule has 41 heavy (non-hydrogen) atoms. The molecule has 0 saturated carbocycles. The molecule has 3 N–H and O–H groups in total. The summed E-state index contributed by atoms with van der Waals surface area (Å²) >= 11 is 4.45. The van der Waals surface area contributed by atoms with Crippen LogP contribution < -0.4 is 20.7 Å². The molecule has 4 aromatic rings. The topological polar surface area (TPSA) is 96.5 Å². The SMILES string of the molecule is COc1cccc(/C=C(\NC(=O)c2ccccc2)C(=O)Nc2ccc(SCC(=O)Nc3ccc(Br)cc3F)cc2)c1. The van der Waals surface area contributed by atoms with Crippen LogP contribution in [0.1, 0.15) is 15.9 Å². The van der Waals surface area contributed by atoms with E-state index >= 15 is 0 Å². The zero-order chi connectivity index (χ0) is 29.2. The molecule has 0 atom stereocenters. The van der Waals surface area contributed by atoms with Crippen LogP contribution in [0.2, 0.25) is 0 Å². The Balaban J connectivity index is 1.41. The summed E-state index contributed by atoms with van der Waals surface area (Å²) in [5.74, 6) is -1.15. The van der Waals surface area contributed by atoms with Crippen LogP contribution in [-0.4, -0.2) is 30.6 Å². The molecule has 0 aromatic heterocycles. The first-order valence-corrected chi connectivity index (χ1v) is 14.1. The van der Waals surface area contributed by atoms with E-state index in [1.165, 1.54) is 23.9 Å². The number of thioether (sulfide) groups is 1. The van der Waals surface area contributed by atoms with Gasteiger partial charge in [-0.2, -0.15) is 0 Å². The molecule has 10 heteroatoms. The second kappa shape index (κ2) is 14.3. The van der Waals surface area contributed by atoms with Gasteiger partial charge in [0, 0.05) is 20.6 Å². The molecule has 0 spiro atoms. The number of halogens is 2. The fraction of sp³-hybridized carbons (Fsp3) is 0.0645. The average Bonchev–Trinajstić information content (AvgIpc) is 2.98. The quantitative estimate of drug-likeness (QED) is 0.133. The summed E-state index contributed by atoms with van der Waals surface area (Å²) in [5, 5.41) is 8.05. The van der Waals surface area contributed by atoms with Gasteiger partial charge in [-0.25, -0.2) is 4.39 Å². The van der Waals surface area contributed by atoms with Gasteiger partial charge in [0.15, 0.2) is 0 Å². The number of benzene rings is 4. The average molecular weight is 635 g/mol. The number of methoxy groups -OCH3 is 1. The van der Waals surface area contributed by atoms with E-state index in [-0.39, 0.29) is 23.0 Å². The van der Waals surface area contributed by atoms with E-state index in [1.54, 1.807) is 98.1 Å². The van der Waals surface area contributed by atoms with Crippen molar-refractivity contribution >= 4 is 62.9 Å². The molecular weight excluding hydrogens is 609 g/mol. The number of hydrogen-bond acceptors (Lipinski definition) is 5. The van der Waals surface area contributed by atoms with Gasteiger partial charge in [-0.05, 0) is 78.4 Å². The van der Waals surface area contributed by atoms with Crippen molar-refractivity contribution in [2.24, 2.45) is 0 Å². The molecule has 7 nitrogen and oxygen atoms in total. The molecule has 0 aliphatic heterocycles. The maximum atomic E-state index is 14.0. The van der Waals surface area contributed by atoms with Crippen molar-refractivity contribution in [3.63, 3.8) is 0 Å². The van der Waals surface area contributed by atoms with Crippen LogP contribution in [0, 0.1) is 5.82 Å². The summed E-state index contributed by atoms with van der Waals surface area (Å²) in [7, 11) is 1.55. The monoisotopic (exact) mass is 633 g/mol. The Morgan fingerprint density at radius 2 is 1.66 bits per heavy atom. The highest BCUT2D eigenvalue weighted by molar-refractivity contribution is 9.10. The summed E-state index contributed by atoms with van der Waals surface area (Å²) in [5.41, 5.74) is 1.71. The van der Waals surface area contributed by atoms with E-state index in [2.05, 4.69) is 31.9 Å². The van der Waals surface area contributed by atoms with E-state index in [0.29, 0.717) is 27.0 Å². The zero-order valence-electron chi connectivity index (χ0n) is 21.8. The lowest BCUT2D eigenvalue weighted by Gasteiger charge is -2.12. The van der Waals surface area contributed by atoms with Gasteiger partial charge >= 0.3 is 0 Å². The first-order chi connectivity index (χ1) is 19.8. The summed E-state index contributed by atoms with van der Waals surface area (Å²) in [6.07, 6.45) is 1.57.